The minimum Gasteiger partial charge on any atom is -0.494 e. The van der Waals surface area contributed by atoms with Gasteiger partial charge in [-0.3, -0.25) is 4.79 Å². The Bertz CT molecular complexity index is 1030. The van der Waals surface area contributed by atoms with Crippen LogP contribution in [0.3, 0.4) is 0 Å². The lowest BCUT2D eigenvalue weighted by molar-refractivity contribution is -0.137. The van der Waals surface area contributed by atoms with Crippen molar-refractivity contribution in [3.05, 3.63) is 54.1 Å². The van der Waals surface area contributed by atoms with Crippen LogP contribution in [-0.2, 0) is 21.0 Å². The fraction of sp³-hybridized carbons (Fsp3) is 0.409. The Kier molecular flexibility index (Phi) is 7.85. The Morgan fingerprint density at radius 1 is 0.909 bits per heavy atom. The van der Waals surface area contributed by atoms with E-state index in [4.69, 9.17) is 9.47 Å². The van der Waals surface area contributed by atoms with E-state index < -0.39 is 21.8 Å². The van der Waals surface area contributed by atoms with E-state index in [1.807, 2.05) is 6.92 Å². The molecule has 0 atom stereocenters. The molecule has 1 aliphatic rings. The minimum absolute atomic E-state index is 0.0643. The molecule has 11 heteroatoms. The van der Waals surface area contributed by atoms with Gasteiger partial charge in [-0.15, -0.1) is 0 Å². The monoisotopic (exact) mass is 486 g/mol. The molecule has 180 valence electrons. The second-order valence-electron chi connectivity index (χ2n) is 7.31. The number of piperazine rings is 1. The van der Waals surface area contributed by atoms with E-state index in [0.29, 0.717) is 12.4 Å². The van der Waals surface area contributed by atoms with Gasteiger partial charge in [-0.1, -0.05) is 0 Å². The normalized spacial score (nSPS) is 15.3. The first kappa shape index (κ1) is 24.8. The molecule has 1 fully saturated rings. The topological polar surface area (TPSA) is 76.2 Å². The standard InChI is InChI=1S/C22H25F3N2O5S/c1-2-31-18-5-7-19(8-6-18)32-16-11-21(28)26-12-14-27(15-13-26)33(29,30)20-9-3-17(4-10-20)22(23,24)25/h3-10H,2,11-16H2,1H3. The van der Waals surface area contributed by atoms with Crippen LogP contribution < -0.4 is 9.47 Å². The smallest absolute Gasteiger partial charge is 0.416 e. The van der Waals surface area contributed by atoms with Crippen LogP contribution in [0.4, 0.5) is 13.2 Å². The van der Waals surface area contributed by atoms with Crippen LogP contribution in [0, 0.1) is 0 Å². The molecule has 2 aromatic rings. The number of ether oxygens (including phenoxy) is 2. The zero-order valence-corrected chi connectivity index (χ0v) is 18.9. The van der Waals surface area contributed by atoms with Gasteiger partial charge in [0.05, 0.1) is 30.1 Å². The molecule has 33 heavy (non-hydrogen) atoms. The number of benzene rings is 2. The van der Waals surface area contributed by atoms with Gasteiger partial charge in [0.1, 0.15) is 11.5 Å². The van der Waals surface area contributed by atoms with Crippen molar-refractivity contribution in [2.45, 2.75) is 24.4 Å². The maximum Gasteiger partial charge on any atom is 0.416 e. The molecule has 1 amide bonds. The van der Waals surface area contributed by atoms with Crippen molar-refractivity contribution in [1.29, 1.82) is 0 Å². The second-order valence-corrected chi connectivity index (χ2v) is 9.25. The number of rotatable bonds is 8. The van der Waals surface area contributed by atoms with Crippen LogP contribution in [0.15, 0.2) is 53.4 Å². The number of nitrogens with zero attached hydrogens (tertiary/aromatic N) is 2. The van der Waals surface area contributed by atoms with Gasteiger partial charge in [-0.25, -0.2) is 8.42 Å². The highest BCUT2D eigenvalue weighted by molar-refractivity contribution is 7.89. The first-order valence-corrected chi connectivity index (χ1v) is 11.9. The van der Waals surface area contributed by atoms with E-state index in [1.54, 1.807) is 29.2 Å². The van der Waals surface area contributed by atoms with Crippen LogP contribution in [0.5, 0.6) is 11.5 Å². The van der Waals surface area contributed by atoms with Gasteiger partial charge in [0.15, 0.2) is 0 Å². The summed E-state index contributed by atoms with van der Waals surface area (Å²) in [7, 11) is -3.94. The van der Waals surface area contributed by atoms with Crippen LogP contribution in [0.25, 0.3) is 0 Å². The summed E-state index contributed by atoms with van der Waals surface area (Å²) >= 11 is 0. The number of alkyl halides is 3. The van der Waals surface area contributed by atoms with Crippen LogP contribution in [0.2, 0.25) is 0 Å². The highest BCUT2D eigenvalue weighted by Crippen LogP contribution is 2.30. The molecule has 0 N–H and O–H groups in total. The van der Waals surface area contributed by atoms with Crippen molar-refractivity contribution in [1.82, 2.24) is 9.21 Å². The second kappa shape index (κ2) is 10.4. The van der Waals surface area contributed by atoms with Crippen molar-refractivity contribution >= 4 is 15.9 Å². The lowest BCUT2D eigenvalue weighted by Gasteiger charge is -2.34. The van der Waals surface area contributed by atoms with Crippen LogP contribution in [-0.4, -0.2) is 62.9 Å². The summed E-state index contributed by atoms with van der Waals surface area (Å²) in [6, 6.07) is 10.4. The fourth-order valence-electron chi connectivity index (χ4n) is 3.36. The molecule has 7 nitrogen and oxygen atoms in total. The third-order valence-corrected chi connectivity index (χ3v) is 7.04. The third kappa shape index (κ3) is 6.38. The molecule has 0 aromatic heterocycles. The van der Waals surface area contributed by atoms with Gasteiger partial charge in [0.2, 0.25) is 15.9 Å². The van der Waals surface area contributed by atoms with Gasteiger partial charge in [0, 0.05) is 26.2 Å². The number of hydrogen-bond acceptors (Lipinski definition) is 5. The van der Waals surface area contributed by atoms with Crippen LogP contribution >= 0.6 is 0 Å². The molecule has 2 aromatic carbocycles. The number of carbonyl (C=O) groups is 1. The minimum atomic E-state index is -4.54. The molecule has 0 aliphatic carbocycles. The predicted octanol–water partition coefficient (Wildman–Crippen LogP) is 3.41. The zero-order chi connectivity index (χ0) is 24.1. The predicted molar refractivity (Wildman–Crippen MR) is 115 cm³/mol. The molecule has 0 spiro atoms. The van der Waals surface area contributed by atoms with Gasteiger partial charge < -0.3 is 14.4 Å². The lowest BCUT2D eigenvalue weighted by atomic mass is 10.2. The van der Waals surface area contributed by atoms with Gasteiger partial charge in [0.25, 0.3) is 0 Å². The van der Waals surface area contributed by atoms with Crippen LogP contribution in [0.1, 0.15) is 18.9 Å². The van der Waals surface area contributed by atoms with Crippen molar-refractivity contribution in [2.75, 3.05) is 39.4 Å². The molecule has 0 bridgehead atoms. The first-order chi connectivity index (χ1) is 15.6. The average Bonchev–Trinajstić information content (AvgIpc) is 2.80. The molecule has 0 saturated carbocycles. The summed E-state index contributed by atoms with van der Waals surface area (Å²) in [6.07, 6.45) is -4.40. The zero-order valence-electron chi connectivity index (χ0n) is 18.0. The summed E-state index contributed by atoms with van der Waals surface area (Å²) in [4.78, 5) is 13.8. The lowest BCUT2D eigenvalue weighted by Crippen LogP contribution is -2.50. The van der Waals surface area contributed by atoms with E-state index >= 15 is 0 Å². The summed E-state index contributed by atoms with van der Waals surface area (Å²) in [5.41, 5.74) is -0.913. The molecular weight excluding hydrogens is 461 g/mol. The number of halogens is 3. The summed E-state index contributed by atoms with van der Waals surface area (Å²) in [5, 5.41) is 0. The molecule has 0 unspecified atom stereocenters. The maximum atomic E-state index is 12.7. The molecule has 1 aliphatic heterocycles. The Hall–Kier alpha value is -2.79. The average molecular weight is 487 g/mol. The van der Waals surface area contributed by atoms with Gasteiger partial charge in [-0.2, -0.15) is 17.5 Å². The highest BCUT2D eigenvalue weighted by Gasteiger charge is 2.33. The summed E-state index contributed by atoms with van der Waals surface area (Å²) < 4.78 is 75.7. The van der Waals surface area contributed by atoms with Gasteiger partial charge >= 0.3 is 6.18 Å². The molecule has 1 heterocycles. The highest BCUT2D eigenvalue weighted by atomic mass is 32.2. The van der Waals surface area contributed by atoms with E-state index in [1.165, 1.54) is 4.31 Å². The van der Waals surface area contributed by atoms with Crippen molar-refractivity contribution < 1.29 is 35.9 Å². The number of carbonyl (C=O) groups excluding carboxylic acids is 1. The molecule has 1 saturated heterocycles. The SMILES string of the molecule is CCOc1ccc(OCCC(=O)N2CCN(S(=O)(=O)c3ccc(C(F)(F)F)cc3)CC2)cc1. The van der Waals surface area contributed by atoms with E-state index in [0.717, 1.165) is 30.0 Å². The molecule has 0 radical (unpaired) electrons. The van der Waals surface area contributed by atoms with Crippen molar-refractivity contribution in [3.8, 4) is 11.5 Å². The number of amides is 1. The Balaban J connectivity index is 1.47. The third-order valence-electron chi connectivity index (χ3n) is 5.13. The van der Waals surface area contributed by atoms with Gasteiger partial charge in [-0.05, 0) is 55.5 Å². The molecular formula is C22H25F3N2O5S. The maximum absolute atomic E-state index is 12.7. The van der Waals surface area contributed by atoms with Crippen molar-refractivity contribution in [3.63, 3.8) is 0 Å². The first-order valence-electron chi connectivity index (χ1n) is 10.4. The fourth-order valence-corrected chi connectivity index (χ4v) is 4.78. The Morgan fingerprint density at radius 2 is 1.45 bits per heavy atom. The summed E-state index contributed by atoms with van der Waals surface area (Å²) in [6.45, 7) is 3.15. The number of sulfonamides is 1. The molecule has 3 rings (SSSR count). The number of hydrogen-bond donors (Lipinski definition) is 0. The largest absolute Gasteiger partial charge is 0.494 e. The Morgan fingerprint density at radius 3 is 1.97 bits per heavy atom. The van der Waals surface area contributed by atoms with Crippen molar-refractivity contribution in [2.24, 2.45) is 0 Å². The Labute approximate surface area is 190 Å². The van der Waals surface area contributed by atoms with E-state index in [9.17, 15) is 26.4 Å². The van der Waals surface area contributed by atoms with E-state index in [2.05, 4.69) is 0 Å². The quantitative estimate of drug-likeness (QED) is 0.572. The summed E-state index contributed by atoms with van der Waals surface area (Å²) in [5.74, 6) is 1.18. The van der Waals surface area contributed by atoms with E-state index in [-0.39, 0.29) is 50.0 Å².